The maximum absolute atomic E-state index is 12.4. The summed E-state index contributed by atoms with van der Waals surface area (Å²) in [5.41, 5.74) is 1.25. The molecule has 1 heterocycles. The van der Waals surface area contributed by atoms with Crippen LogP contribution in [0.3, 0.4) is 0 Å². The number of carbonyl (C=O) groups excluding carboxylic acids is 2. The minimum absolute atomic E-state index is 0.00224. The molecule has 7 heteroatoms. The van der Waals surface area contributed by atoms with Crippen LogP contribution >= 0.6 is 11.6 Å². The van der Waals surface area contributed by atoms with E-state index in [1.54, 1.807) is 53.4 Å². The molecule has 0 saturated carbocycles. The Hall–Kier alpha value is -3.04. The zero-order valence-electron chi connectivity index (χ0n) is 13.9. The van der Waals surface area contributed by atoms with Crippen LogP contribution in [0.5, 0.6) is 5.75 Å². The van der Waals surface area contributed by atoms with Crippen LogP contribution in [-0.2, 0) is 9.59 Å². The topological polar surface area (TPSA) is 73.6 Å². The average Bonchev–Trinajstić information content (AvgIpc) is 2.66. The van der Waals surface area contributed by atoms with E-state index in [-0.39, 0.29) is 25.0 Å². The van der Waals surface area contributed by atoms with Gasteiger partial charge in [0.1, 0.15) is 12.3 Å². The number of nitriles is 1. The quantitative estimate of drug-likeness (QED) is 0.829. The molecule has 0 radical (unpaired) electrons. The van der Waals surface area contributed by atoms with Gasteiger partial charge in [-0.2, -0.15) is 5.26 Å². The predicted octanol–water partition coefficient (Wildman–Crippen LogP) is 2.47. The molecule has 2 aromatic rings. The molecule has 1 aliphatic rings. The van der Waals surface area contributed by atoms with Crippen molar-refractivity contribution in [1.82, 2.24) is 4.90 Å². The van der Waals surface area contributed by atoms with Crippen molar-refractivity contribution in [3.63, 3.8) is 0 Å². The third-order valence-electron chi connectivity index (χ3n) is 4.04. The molecule has 1 fully saturated rings. The molecule has 2 aromatic carbocycles. The minimum Gasteiger partial charge on any atom is -0.484 e. The summed E-state index contributed by atoms with van der Waals surface area (Å²) in [6.45, 7) is 0.666. The number of hydrogen-bond donors (Lipinski definition) is 0. The summed E-state index contributed by atoms with van der Waals surface area (Å²) < 4.78 is 5.44. The number of amides is 2. The second-order valence-electron chi connectivity index (χ2n) is 5.77. The Bertz CT molecular complexity index is 861. The van der Waals surface area contributed by atoms with Crippen molar-refractivity contribution in [2.24, 2.45) is 0 Å². The standard InChI is InChI=1S/C19H16ClN3O3/c20-15-2-1-3-17(10-15)26-13-19(25)22-8-9-23(18(24)12-22)16-6-4-14(11-21)5-7-16/h1-7,10H,8-9,12-13H2. The fourth-order valence-electron chi connectivity index (χ4n) is 2.67. The maximum Gasteiger partial charge on any atom is 0.261 e. The van der Waals surface area contributed by atoms with Gasteiger partial charge in [-0.25, -0.2) is 0 Å². The number of benzene rings is 2. The first kappa shape index (κ1) is 17.8. The second-order valence-corrected chi connectivity index (χ2v) is 6.20. The lowest BCUT2D eigenvalue weighted by Crippen LogP contribution is -2.53. The summed E-state index contributed by atoms with van der Waals surface area (Å²) in [6, 6.07) is 15.6. The molecule has 132 valence electrons. The molecule has 1 aliphatic heterocycles. The minimum atomic E-state index is -0.252. The van der Waals surface area contributed by atoms with Crippen molar-refractivity contribution >= 4 is 29.1 Å². The zero-order valence-corrected chi connectivity index (χ0v) is 14.6. The molecular formula is C19H16ClN3O3. The van der Waals surface area contributed by atoms with Gasteiger partial charge in [-0.1, -0.05) is 17.7 Å². The van der Waals surface area contributed by atoms with E-state index in [1.807, 2.05) is 6.07 Å². The van der Waals surface area contributed by atoms with Crippen LogP contribution in [0.1, 0.15) is 5.56 Å². The van der Waals surface area contributed by atoms with Gasteiger partial charge in [-0.3, -0.25) is 9.59 Å². The van der Waals surface area contributed by atoms with E-state index in [0.29, 0.717) is 29.4 Å². The lowest BCUT2D eigenvalue weighted by molar-refractivity contribution is -0.138. The van der Waals surface area contributed by atoms with Gasteiger partial charge in [0.2, 0.25) is 5.91 Å². The molecule has 26 heavy (non-hydrogen) atoms. The summed E-state index contributed by atoms with van der Waals surface area (Å²) in [5, 5.41) is 9.37. The molecular weight excluding hydrogens is 354 g/mol. The lowest BCUT2D eigenvalue weighted by atomic mass is 10.2. The Morgan fingerprint density at radius 3 is 2.62 bits per heavy atom. The van der Waals surface area contributed by atoms with E-state index < -0.39 is 0 Å². The highest BCUT2D eigenvalue weighted by molar-refractivity contribution is 6.30. The number of piperazine rings is 1. The Morgan fingerprint density at radius 1 is 1.19 bits per heavy atom. The van der Waals surface area contributed by atoms with Crippen LogP contribution in [-0.4, -0.2) is 43.0 Å². The van der Waals surface area contributed by atoms with Crippen molar-refractivity contribution in [3.05, 3.63) is 59.1 Å². The van der Waals surface area contributed by atoms with Crippen LogP contribution in [0.15, 0.2) is 48.5 Å². The molecule has 2 amide bonds. The second kappa shape index (κ2) is 7.89. The van der Waals surface area contributed by atoms with Crippen molar-refractivity contribution in [1.29, 1.82) is 5.26 Å². The molecule has 0 aromatic heterocycles. The highest BCUT2D eigenvalue weighted by Crippen LogP contribution is 2.19. The third-order valence-corrected chi connectivity index (χ3v) is 4.27. The van der Waals surface area contributed by atoms with E-state index >= 15 is 0 Å². The molecule has 3 rings (SSSR count). The number of carbonyl (C=O) groups is 2. The molecule has 6 nitrogen and oxygen atoms in total. The molecule has 0 aliphatic carbocycles. The fourth-order valence-corrected chi connectivity index (χ4v) is 2.85. The SMILES string of the molecule is N#Cc1ccc(N2CCN(C(=O)COc3cccc(Cl)c3)CC2=O)cc1. The molecule has 0 spiro atoms. The molecule has 0 N–H and O–H groups in total. The van der Waals surface area contributed by atoms with Crippen molar-refractivity contribution in [2.75, 3.05) is 31.1 Å². The van der Waals surface area contributed by atoms with E-state index in [4.69, 9.17) is 21.6 Å². The Labute approximate surface area is 156 Å². The zero-order chi connectivity index (χ0) is 18.5. The highest BCUT2D eigenvalue weighted by Gasteiger charge is 2.28. The van der Waals surface area contributed by atoms with Crippen molar-refractivity contribution in [3.8, 4) is 11.8 Å². The Balaban J connectivity index is 1.56. The number of anilines is 1. The van der Waals surface area contributed by atoms with Gasteiger partial charge < -0.3 is 14.5 Å². The smallest absolute Gasteiger partial charge is 0.261 e. The Morgan fingerprint density at radius 2 is 1.96 bits per heavy atom. The van der Waals surface area contributed by atoms with E-state index in [1.165, 1.54) is 4.90 Å². The largest absolute Gasteiger partial charge is 0.484 e. The fraction of sp³-hybridized carbons (Fsp3) is 0.211. The number of hydrogen-bond acceptors (Lipinski definition) is 4. The van der Waals surface area contributed by atoms with Crippen LogP contribution in [0.25, 0.3) is 0 Å². The van der Waals surface area contributed by atoms with E-state index in [0.717, 1.165) is 5.69 Å². The highest BCUT2D eigenvalue weighted by atomic mass is 35.5. The van der Waals surface area contributed by atoms with Gasteiger partial charge in [0, 0.05) is 23.8 Å². The van der Waals surface area contributed by atoms with Crippen molar-refractivity contribution < 1.29 is 14.3 Å². The van der Waals surface area contributed by atoms with Gasteiger partial charge in [0.05, 0.1) is 11.6 Å². The third kappa shape index (κ3) is 4.13. The molecule has 1 saturated heterocycles. The lowest BCUT2D eigenvalue weighted by Gasteiger charge is -2.34. The van der Waals surface area contributed by atoms with Crippen LogP contribution < -0.4 is 9.64 Å². The molecule has 0 atom stereocenters. The summed E-state index contributed by atoms with van der Waals surface area (Å²) in [5.74, 6) is 0.0864. The number of halogens is 1. The Kier molecular flexibility index (Phi) is 5.40. The van der Waals surface area contributed by atoms with Gasteiger partial charge in [-0.15, -0.1) is 0 Å². The summed E-state index contributed by atoms with van der Waals surface area (Å²) in [4.78, 5) is 27.8. The predicted molar refractivity (Wildman–Crippen MR) is 97.0 cm³/mol. The van der Waals surface area contributed by atoms with Crippen molar-refractivity contribution in [2.45, 2.75) is 0 Å². The summed E-state index contributed by atoms with van der Waals surface area (Å²) >= 11 is 5.88. The first-order valence-electron chi connectivity index (χ1n) is 8.03. The van der Waals surface area contributed by atoms with Gasteiger partial charge in [-0.05, 0) is 42.5 Å². The van der Waals surface area contributed by atoms with Crippen LogP contribution in [0.2, 0.25) is 5.02 Å². The monoisotopic (exact) mass is 369 g/mol. The van der Waals surface area contributed by atoms with Gasteiger partial charge in [0.25, 0.3) is 5.91 Å². The first-order chi connectivity index (χ1) is 12.6. The van der Waals surface area contributed by atoms with Gasteiger partial charge in [0.15, 0.2) is 6.61 Å². The van der Waals surface area contributed by atoms with E-state index in [9.17, 15) is 9.59 Å². The molecule has 0 unspecified atom stereocenters. The average molecular weight is 370 g/mol. The number of nitrogens with zero attached hydrogens (tertiary/aromatic N) is 3. The maximum atomic E-state index is 12.4. The van der Waals surface area contributed by atoms with E-state index in [2.05, 4.69) is 0 Å². The summed E-state index contributed by atoms with van der Waals surface area (Å²) in [6.07, 6.45) is 0. The first-order valence-corrected chi connectivity index (χ1v) is 8.41. The van der Waals surface area contributed by atoms with Crippen LogP contribution in [0.4, 0.5) is 5.69 Å². The summed E-state index contributed by atoms with van der Waals surface area (Å²) in [7, 11) is 0. The number of ether oxygens (including phenoxy) is 1. The van der Waals surface area contributed by atoms with Gasteiger partial charge >= 0.3 is 0 Å². The molecule has 0 bridgehead atoms. The van der Waals surface area contributed by atoms with Crippen LogP contribution in [0, 0.1) is 11.3 Å². The number of rotatable bonds is 4. The normalized spacial score (nSPS) is 14.1.